The van der Waals surface area contributed by atoms with Crippen LogP contribution in [0.25, 0.3) is 11.1 Å². The first-order valence-corrected chi connectivity index (χ1v) is 12.1. The van der Waals surface area contributed by atoms with Crippen LogP contribution in [0.2, 0.25) is 0 Å². The van der Waals surface area contributed by atoms with E-state index < -0.39 is 0 Å². The molecule has 1 amide bonds. The molecule has 6 rings (SSSR count). The molecule has 176 valence electrons. The number of anilines is 2. The number of rotatable bonds is 6. The Bertz CT molecular complexity index is 1440. The summed E-state index contributed by atoms with van der Waals surface area (Å²) in [7, 11) is 0. The molecule has 0 spiro atoms. The fourth-order valence-corrected chi connectivity index (χ4v) is 4.46. The van der Waals surface area contributed by atoms with Crippen LogP contribution in [0.15, 0.2) is 61.3 Å². The molecule has 0 aromatic carbocycles. The lowest BCUT2D eigenvalue weighted by molar-refractivity contribution is 0.102. The molecule has 35 heavy (non-hydrogen) atoms. The maximum atomic E-state index is 13.0. The van der Waals surface area contributed by atoms with Gasteiger partial charge in [-0.1, -0.05) is 13.0 Å². The number of nitrogens with zero attached hydrogens (tertiary/aromatic N) is 5. The highest BCUT2D eigenvalue weighted by molar-refractivity contribution is 6.09. The van der Waals surface area contributed by atoms with Crippen LogP contribution in [0.5, 0.6) is 0 Å². The Morgan fingerprint density at radius 1 is 1.20 bits per heavy atom. The zero-order valence-electron chi connectivity index (χ0n) is 19.7. The van der Waals surface area contributed by atoms with E-state index in [1.807, 2.05) is 30.6 Å². The third-order valence-electron chi connectivity index (χ3n) is 6.90. The van der Waals surface area contributed by atoms with Crippen molar-refractivity contribution in [2.45, 2.75) is 39.0 Å². The van der Waals surface area contributed by atoms with Crippen LogP contribution in [0.3, 0.4) is 0 Å². The van der Waals surface area contributed by atoms with Gasteiger partial charge in [0.25, 0.3) is 5.91 Å². The first kappa shape index (κ1) is 21.5. The van der Waals surface area contributed by atoms with Crippen LogP contribution < -0.4 is 10.6 Å². The molecule has 2 aliphatic carbocycles. The van der Waals surface area contributed by atoms with Gasteiger partial charge >= 0.3 is 0 Å². The van der Waals surface area contributed by atoms with Gasteiger partial charge in [-0.3, -0.25) is 9.78 Å². The number of amides is 1. The van der Waals surface area contributed by atoms with Crippen molar-refractivity contribution in [1.82, 2.24) is 24.6 Å². The summed E-state index contributed by atoms with van der Waals surface area (Å²) < 4.78 is 1.72. The number of fused-ring (bicyclic) bond motifs is 2. The molecule has 8 nitrogen and oxygen atoms in total. The highest BCUT2D eigenvalue weighted by Gasteiger charge is 2.37. The molecule has 0 unspecified atom stereocenters. The van der Waals surface area contributed by atoms with Crippen molar-refractivity contribution in [1.29, 1.82) is 0 Å². The summed E-state index contributed by atoms with van der Waals surface area (Å²) in [5, 5.41) is 10.7. The van der Waals surface area contributed by atoms with E-state index in [1.54, 1.807) is 29.2 Å². The molecule has 0 saturated heterocycles. The van der Waals surface area contributed by atoms with Crippen molar-refractivity contribution in [2.75, 3.05) is 17.2 Å². The van der Waals surface area contributed by atoms with E-state index in [2.05, 4.69) is 38.7 Å². The normalized spacial score (nSPS) is 16.2. The van der Waals surface area contributed by atoms with Gasteiger partial charge < -0.3 is 10.6 Å². The number of aromatic nitrogens is 5. The van der Waals surface area contributed by atoms with Crippen molar-refractivity contribution >= 4 is 28.6 Å². The van der Waals surface area contributed by atoms with Crippen molar-refractivity contribution in [3.63, 3.8) is 0 Å². The molecule has 0 atom stereocenters. The summed E-state index contributed by atoms with van der Waals surface area (Å²) in [4.78, 5) is 26.5. The molecule has 2 aliphatic rings. The number of hydrogen-bond donors (Lipinski definition) is 2. The largest absolute Gasteiger partial charge is 0.354 e. The minimum absolute atomic E-state index is 0.219. The third-order valence-corrected chi connectivity index (χ3v) is 6.90. The molecule has 4 aromatic heterocycles. The zero-order valence-corrected chi connectivity index (χ0v) is 19.7. The Hall–Kier alpha value is -4.07. The fraction of sp³-hybridized carbons (Fsp3) is 0.296. The number of nitrogens with one attached hydrogen (secondary N) is 2. The number of carbonyl (C=O) groups excluding carboxylic acids is 1. The van der Waals surface area contributed by atoms with Crippen LogP contribution >= 0.6 is 0 Å². The maximum absolute atomic E-state index is 13.0. The highest BCUT2D eigenvalue weighted by Crippen LogP contribution is 2.44. The first-order chi connectivity index (χ1) is 17.1. The maximum Gasteiger partial charge on any atom is 0.259 e. The Kier molecular flexibility index (Phi) is 5.28. The van der Waals surface area contributed by atoms with Gasteiger partial charge in [-0.25, -0.2) is 14.5 Å². The Morgan fingerprint density at radius 3 is 2.94 bits per heavy atom. The van der Waals surface area contributed by atoms with Crippen LogP contribution in [-0.2, 0) is 6.42 Å². The smallest absolute Gasteiger partial charge is 0.259 e. The minimum atomic E-state index is -0.219. The molecule has 4 aromatic rings. The van der Waals surface area contributed by atoms with Gasteiger partial charge in [0, 0.05) is 30.7 Å². The lowest BCUT2D eigenvalue weighted by Gasteiger charge is -2.14. The lowest BCUT2D eigenvalue weighted by Crippen LogP contribution is -2.15. The standard InChI is InChI=1S/C27H27N7O/c1-27(9-10-27)17-30-26-29-15-21-20(6-2-3-7-23(21)33-26)18-8-12-34-24(13-18)22(16-31-34)25(35)32-19-5-4-11-28-14-19/h4-6,8,11-16H,2-3,7,9-10,17H2,1H3,(H,32,35)(H,29,30,33). The van der Waals surface area contributed by atoms with Crippen molar-refractivity contribution in [3.05, 3.63) is 83.7 Å². The molecule has 4 heterocycles. The average molecular weight is 466 g/mol. The van der Waals surface area contributed by atoms with E-state index in [-0.39, 0.29) is 5.91 Å². The van der Waals surface area contributed by atoms with Gasteiger partial charge in [-0.05, 0) is 72.9 Å². The fourth-order valence-electron chi connectivity index (χ4n) is 4.46. The Morgan fingerprint density at radius 2 is 2.11 bits per heavy atom. The van der Waals surface area contributed by atoms with Crippen molar-refractivity contribution in [2.24, 2.45) is 5.41 Å². The third kappa shape index (κ3) is 4.39. The van der Waals surface area contributed by atoms with Crippen LogP contribution in [0, 0.1) is 5.41 Å². The van der Waals surface area contributed by atoms with Gasteiger partial charge in [-0.2, -0.15) is 5.10 Å². The predicted molar refractivity (Wildman–Crippen MR) is 135 cm³/mol. The molecular formula is C27H27N7O. The molecule has 0 radical (unpaired) electrons. The van der Waals surface area contributed by atoms with Crippen molar-refractivity contribution < 1.29 is 4.79 Å². The van der Waals surface area contributed by atoms with E-state index in [4.69, 9.17) is 4.98 Å². The van der Waals surface area contributed by atoms with Crippen LogP contribution in [0.4, 0.5) is 11.6 Å². The van der Waals surface area contributed by atoms with Crippen molar-refractivity contribution in [3.8, 4) is 0 Å². The molecule has 8 heteroatoms. The minimum Gasteiger partial charge on any atom is -0.354 e. The summed E-state index contributed by atoms with van der Waals surface area (Å²) in [5.41, 5.74) is 6.52. The summed E-state index contributed by atoms with van der Waals surface area (Å²) in [6.45, 7) is 3.21. The number of allylic oxidation sites excluding steroid dienone is 1. The van der Waals surface area contributed by atoms with Gasteiger partial charge in [0.1, 0.15) is 0 Å². The zero-order chi connectivity index (χ0) is 23.8. The van der Waals surface area contributed by atoms with E-state index >= 15 is 0 Å². The Labute approximate surface area is 203 Å². The molecule has 1 saturated carbocycles. The summed E-state index contributed by atoms with van der Waals surface area (Å²) in [6.07, 6.45) is 16.4. The molecular weight excluding hydrogens is 438 g/mol. The summed E-state index contributed by atoms with van der Waals surface area (Å²) in [6, 6.07) is 7.65. The first-order valence-electron chi connectivity index (χ1n) is 12.1. The summed E-state index contributed by atoms with van der Waals surface area (Å²) in [5.74, 6) is 0.488. The molecule has 0 bridgehead atoms. The topological polar surface area (TPSA) is 97.1 Å². The number of hydrogen-bond acceptors (Lipinski definition) is 6. The quantitative estimate of drug-likeness (QED) is 0.426. The van der Waals surface area contributed by atoms with Gasteiger partial charge in [0.2, 0.25) is 5.95 Å². The monoisotopic (exact) mass is 465 g/mol. The second kappa shape index (κ2) is 8.61. The Balaban J connectivity index is 1.31. The average Bonchev–Trinajstić information content (AvgIpc) is 3.53. The SMILES string of the molecule is CC1(CNc2ncc3c(n2)CCCC=C3c2ccn3ncc(C(=O)Nc4cccnc4)c3c2)CC1. The van der Waals surface area contributed by atoms with E-state index in [1.165, 1.54) is 12.8 Å². The van der Waals surface area contributed by atoms with Gasteiger partial charge in [0.05, 0.1) is 34.9 Å². The summed E-state index contributed by atoms with van der Waals surface area (Å²) >= 11 is 0. The second-order valence-corrected chi connectivity index (χ2v) is 9.73. The lowest BCUT2D eigenvalue weighted by atomic mass is 9.98. The predicted octanol–water partition coefficient (Wildman–Crippen LogP) is 4.75. The number of aryl methyl sites for hydroxylation is 1. The molecule has 0 aliphatic heterocycles. The van der Waals surface area contributed by atoms with Crippen LogP contribution in [0.1, 0.15) is 59.8 Å². The van der Waals surface area contributed by atoms with E-state index in [0.717, 1.165) is 53.7 Å². The highest BCUT2D eigenvalue weighted by atomic mass is 16.1. The molecule has 1 fully saturated rings. The van der Waals surface area contributed by atoms with Crippen LogP contribution in [-0.4, -0.2) is 37.0 Å². The molecule has 2 N–H and O–H groups in total. The number of carbonyl (C=O) groups is 1. The second-order valence-electron chi connectivity index (χ2n) is 9.73. The van der Waals surface area contributed by atoms with E-state index in [9.17, 15) is 4.79 Å². The van der Waals surface area contributed by atoms with Gasteiger partial charge in [0.15, 0.2) is 0 Å². The number of pyridine rings is 2. The van der Waals surface area contributed by atoms with Gasteiger partial charge in [-0.15, -0.1) is 0 Å². The van der Waals surface area contributed by atoms with E-state index in [0.29, 0.717) is 22.6 Å².